The maximum absolute atomic E-state index is 14.7. The Hall–Kier alpha value is -2.90. The van der Waals surface area contributed by atoms with Crippen LogP contribution in [-0.4, -0.2) is 48.6 Å². The first kappa shape index (κ1) is 22.8. The van der Waals surface area contributed by atoms with Crippen LogP contribution in [0.2, 0.25) is 5.02 Å². The predicted molar refractivity (Wildman–Crippen MR) is 115 cm³/mol. The molecule has 164 valence electrons. The highest BCUT2D eigenvalue weighted by Crippen LogP contribution is 2.41. The Bertz CT molecular complexity index is 1020. The summed E-state index contributed by atoms with van der Waals surface area (Å²) in [5.41, 5.74) is 0.162. The van der Waals surface area contributed by atoms with Gasteiger partial charge in [-0.1, -0.05) is 29.8 Å². The number of amides is 1. The first-order valence-corrected chi connectivity index (χ1v) is 10.2. The van der Waals surface area contributed by atoms with E-state index >= 15 is 0 Å². The number of likely N-dealkylation sites (tertiary alicyclic amines) is 1. The van der Waals surface area contributed by atoms with Gasteiger partial charge in [0.05, 0.1) is 23.2 Å². The van der Waals surface area contributed by atoms with Crippen molar-refractivity contribution in [3.8, 4) is 5.75 Å². The van der Waals surface area contributed by atoms with E-state index < -0.39 is 29.3 Å². The standard InChI is InChI=1S/C23H23ClFNO5/c1-3-31-18-10-9-14(13-16(18)24)21(27)19-20(15-7-4-5-8-17(15)25)26(11-6-12-30-2)23(29)22(19)28/h4-5,7-10,13,20,27H,3,6,11-12H2,1-2H3. The second-order valence-electron chi connectivity index (χ2n) is 6.94. The van der Waals surface area contributed by atoms with Crippen LogP contribution in [0, 0.1) is 5.82 Å². The molecule has 1 unspecified atom stereocenters. The van der Waals surface area contributed by atoms with E-state index in [1.165, 1.54) is 42.3 Å². The number of aliphatic hydroxyl groups is 1. The largest absolute Gasteiger partial charge is 0.507 e. The van der Waals surface area contributed by atoms with Crippen molar-refractivity contribution >= 4 is 29.1 Å². The fourth-order valence-corrected chi connectivity index (χ4v) is 3.82. The number of nitrogens with zero attached hydrogens (tertiary/aromatic N) is 1. The van der Waals surface area contributed by atoms with Crippen LogP contribution < -0.4 is 4.74 Å². The molecule has 1 saturated heterocycles. The fraction of sp³-hybridized carbons (Fsp3) is 0.304. The van der Waals surface area contributed by atoms with Crippen LogP contribution >= 0.6 is 11.6 Å². The number of benzene rings is 2. The van der Waals surface area contributed by atoms with Gasteiger partial charge in [-0.2, -0.15) is 0 Å². The molecule has 2 aromatic carbocycles. The lowest BCUT2D eigenvalue weighted by molar-refractivity contribution is -0.140. The smallest absolute Gasteiger partial charge is 0.295 e. The highest BCUT2D eigenvalue weighted by molar-refractivity contribution is 6.46. The Morgan fingerprint density at radius 2 is 1.97 bits per heavy atom. The summed E-state index contributed by atoms with van der Waals surface area (Å²) in [4.78, 5) is 26.9. The van der Waals surface area contributed by atoms with Crippen LogP contribution in [0.25, 0.3) is 5.76 Å². The molecule has 0 aromatic heterocycles. The monoisotopic (exact) mass is 447 g/mol. The van der Waals surface area contributed by atoms with Gasteiger partial charge in [0, 0.05) is 31.4 Å². The molecule has 0 saturated carbocycles. The Labute approximate surface area is 184 Å². The molecule has 0 radical (unpaired) electrons. The topological polar surface area (TPSA) is 76.1 Å². The number of ether oxygens (including phenoxy) is 2. The number of hydrogen-bond acceptors (Lipinski definition) is 5. The van der Waals surface area contributed by atoms with Gasteiger partial charge in [0.25, 0.3) is 11.7 Å². The minimum atomic E-state index is -1.07. The minimum Gasteiger partial charge on any atom is -0.507 e. The summed E-state index contributed by atoms with van der Waals surface area (Å²) in [6.45, 7) is 2.74. The van der Waals surface area contributed by atoms with E-state index in [-0.39, 0.29) is 28.3 Å². The molecule has 0 bridgehead atoms. The van der Waals surface area contributed by atoms with Gasteiger partial charge in [-0.05, 0) is 37.6 Å². The lowest BCUT2D eigenvalue weighted by Gasteiger charge is -2.25. The van der Waals surface area contributed by atoms with Gasteiger partial charge < -0.3 is 19.5 Å². The summed E-state index contributed by atoms with van der Waals surface area (Å²) in [6, 6.07) is 9.34. The molecule has 1 heterocycles. The van der Waals surface area contributed by atoms with Crippen LogP contribution in [0.4, 0.5) is 4.39 Å². The second-order valence-corrected chi connectivity index (χ2v) is 7.35. The van der Waals surface area contributed by atoms with Crippen molar-refractivity contribution in [3.63, 3.8) is 0 Å². The molecular weight excluding hydrogens is 425 g/mol. The van der Waals surface area contributed by atoms with Gasteiger partial charge in [0.15, 0.2) is 0 Å². The molecule has 8 heteroatoms. The molecule has 2 aromatic rings. The minimum absolute atomic E-state index is 0.123. The summed E-state index contributed by atoms with van der Waals surface area (Å²) >= 11 is 6.22. The van der Waals surface area contributed by atoms with E-state index in [4.69, 9.17) is 21.1 Å². The highest BCUT2D eigenvalue weighted by Gasteiger charge is 2.46. The quantitative estimate of drug-likeness (QED) is 0.282. The van der Waals surface area contributed by atoms with Gasteiger partial charge >= 0.3 is 0 Å². The van der Waals surface area contributed by atoms with Crippen molar-refractivity contribution < 1.29 is 28.6 Å². The number of halogens is 2. The van der Waals surface area contributed by atoms with E-state index in [9.17, 15) is 19.1 Å². The molecule has 6 nitrogen and oxygen atoms in total. The number of ketones is 1. The van der Waals surface area contributed by atoms with Gasteiger partial charge in [-0.25, -0.2) is 4.39 Å². The van der Waals surface area contributed by atoms with E-state index in [0.717, 1.165) is 0 Å². The summed E-state index contributed by atoms with van der Waals surface area (Å²) in [6.07, 6.45) is 0.448. The van der Waals surface area contributed by atoms with E-state index in [1.807, 2.05) is 6.92 Å². The zero-order valence-electron chi connectivity index (χ0n) is 17.2. The normalized spacial score (nSPS) is 17.9. The Morgan fingerprint density at radius 3 is 2.61 bits per heavy atom. The first-order valence-electron chi connectivity index (χ1n) is 9.85. The lowest BCUT2D eigenvalue weighted by Crippen LogP contribution is -2.31. The molecule has 1 amide bonds. The highest BCUT2D eigenvalue weighted by atomic mass is 35.5. The van der Waals surface area contributed by atoms with Crippen LogP contribution in [-0.2, 0) is 14.3 Å². The van der Waals surface area contributed by atoms with Crippen molar-refractivity contribution in [2.45, 2.75) is 19.4 Å². The second kappa shape index (κ2) is 9.94. The number of carbonyl (C=O) groups is 2. The number of hydrogen-bond donors (Lipinski definition) is 1. The number of methoxy groups -OCH3 is 1. The van der Waals surface area contributed by atoms with E-state index in [0.29, 0.717) is 25.4 Å². The van der Waals surface area contributed by atoms with E-state index in [2.05, 4.69) is 0 Å². The van der Waals surface area contributed by atoms with Crippen molar-refractivity contribution in [1.29, 1.82) is 0 Å². The molecule has 3 rings (SSSR count). The molecule has 31 heavy (non-hydrogen) atoms. The van der Waals surface area contributed by atoms with Crippen molar-refractivity contribution in [2.24, 2.45) is 0 Å². The zero-order chi connectivity index (χ0) is 22.5. The zero-order valence-corrected chi connectivity index (χ0v) is 18.0. The van der Waals surface area contributed by atoms with Crippen LogP contribution in [0.15, 0.2) is 48.0 Å². The van der Waals surface area contributed by atoms with Crippen molar-refractivity contribution in [3.05, 3.63) is 70.0 Å². The Morgan fingerprint density at radius 1 is 1.23 bits per heavy atom. The van der Waals surface area contributed by atoms with Crippen molar-refractivity contribution in [1.82, 2.24) is 4.90 Å². The molecule has 1 N–H and O–H groups in total. The summed E-state index contributed by atoms with van der Waals surface area (Å²) < 4.78 is 25.1. The maximum atomic E-state index is 14.7. The average molecular weight is 448 g/mol. The van der Waals surface area contributed by atoms with Crippen LogP contribution in [0.5, 0.6) is 5.75 Å². The van der Waals surface area contributed by atoms with Crippen LogP contribution in [0.3, 0.4) is 0 Å². The van der Waals surface area contributed by atoms with Gasteiger partial charge in [-0.15, -0.1) is 0 Å². The predicted octanol–water partition coefficient (Wildman–Crippen LogP) is 4.34. The number of carbonyl (C=O) groups excluding carboxylic acids is 2. The van der Waals surface area contributed by atoms with Gasteiger partial charge in [0.2, 0.25) is 0 Å². The number of Topliss-reactive ketones (excluding diaryl/α,β-unsaturated/α-hetero) is 1. The van der Waals surface area contributed by atoms with Gasteiger partial charge in [-0.3, -0.25) is 9.59 Å². The van der Waals surface area contributed by atoms with Crippen molar-refractivity contribution in [2.75, 3.05) is 26.9 Å². The number of aliphatic hydroxyl groups excluding tert-OH is 1. The number of rotatable bonds is 8. The summed E-state index contributed by atoms with van der Waals surface area (Å²) in [5, 5.41) is 11.2. The molecule has 0 spiro atoms. The third kappa shape index (κ3) is 4.57. The molecule has 1 aliphatic rings. The molecular formula is C23H23ClFNO5. The first-order chi connectivity index (χ1) is 14.9. The summed E-state index contributed by atoms with van der Waals surface area (Å²) in [5.74, 6) is -2.27. The molecule has 1 atom stereocenters. The molecule has 1 aliphatic heterocycles. The van der Waals surface area contributed by atoms with Gasteiger partial charge in [0.1, 0.15) is 17.3 Å². The molecule has 1 fully saturated rings. The average Bonchev–Trinajstić information content (AvgIpc) is 3.00. The lowest BCUT2D eigenvalue weighted by atomic mass is 9.95. The van der Waals surface area contributed by atoms with Crippen LogP contribution in [0.1, 0.15) is 30.5 Å². The summed E-state index contributed by atoms with van der Waals surface area (Å²) in [7, 11) is 1.53. The fourth-order valence-electron chi connectivity index (χ4n) is 3.59. The van der Waals surface area contributed by atoms with E-state index in [1.54, 1.807) is 12.1 Å². The molecule has 0 aliphatic carbocycles. The third-order valence-corrected chi connectivity index (χ3v) is 5.29. The SMILES string of the molecule is CCOc1ccc(C(O)=C2C(=O)C(=O)N(CCCOC)C2c2ccccc2F)cc1Cl. The Kier molecular flexibility index (Phi) is 7.30. The Balaban J connectivity index is 2.13. The third-order valence-electron chi connectivity index (χ3n) is 4.99. The maximum Gasteiger partial charge on any atom is 0.295 e.